The van der Waals surface area contributed by atoms with Gasteiger partial charge in [0.15, 0.2) is 0 Å². The van der Waals surface area contributed by atoms with Crippen molar-refractivity contribution in [3.63, 3.8) is 0 Å². The molecule has 1 aliphatic rings. The molecule has 1 fully saturated rings. The van der Waals surface area contributed by atoms with Crippen molar-refractivity contribution in [3.05, 3.63) is 0 Å². The Morgan fingerprint density at radius 2 is 2.20 bits per heavy atom. The van der Waals surface area contributed by atoms with E-state index in [0.29, 0.717) is 12.5 Å². The largest absolute Gasteiger partial charge is 0.376 e. The molecule has 0 radical (unpaired) electrons. The quantitative estimate of drug-likeness (QED) is 0.496. The van der Waals surface area contributed by atoms with Gasteiger partial charge in [0.2, 0.25) is 0 Å². The van der Waals surface area contributed by atoms with Crippen LogP contribution in [0.4, 0.5) is 0 Å². The zero-order valence-electron chi connectivity index (χ0n) is 9.47. The number of hydrogen-bond acceptors (Lipinski definition) is 2. The first-order valence-electron chi connectivity index (χ1n) is 5.52. The van der Waals surface area contributed by atoms with Gasteiger partial charge in [-0.1, -0.05) is 22.6 Å². The molecular formula is C11H20ClIO2. The highest BCUT2D eigenvalue weighted by atomic mass is 127. The second-order valence-corrected chi connectivity index (χ2v) is 5.39. The predicted octanol–water partition coefficient (Wildman–Crippen LogP) is 3.25. The first kappa shape index (κ1) is 14.0. The molecule has 2 atom stereocenters. The zero-order chi connectivity index (χ0) is 11.3. The summed E-state index contributed by atoms with van der Waals surface area (Å²) in [4.78, 5) is 0. The SMILES string of the molecule is CCOC(COC(C)(CCl)CI)C1CC1. The molecule has 0 aromatic rings. The van der Waals surface area contributed by atoms with E-state index in [1.807, 2.05) is 6.92 Å². The van der Waals surface area contributed by atoms with E-state index < -0.39 is 0 Å². The fraction of sp³-hybridized carbons (Fsp3) is 1.00. The van der Waals surface area contributed by atoms with Gasteiger partial charge in [-0.3, -0.25) is 0 Å². The molecule has 0 amide bonds. The average Bonchev–Trinajstić information content (AvgIpc) is 3.07. The summed E-state index contributed by atoms with van der Waals surface area (Å²) in [6.07, 6.45) is 2.85. The van der Waals surface area contributed by atoms with Crippen molar-refractivity contribution in [1.29, 1.82) is 0 Å². The summed E-state index contributed by atoms with van der Waals surface area (Å²) < 4.78 is 12.5. The molecule has 90 valence electrons. The van der Waals surface area contributed by atoms with Crippen LogP contribution >= 0.6 is 34.2 Å². The predicted molar refractivity (Wildman–Crippen MR) is 72.1 cm³/mol. The maximum atomic E-state index is 5.89. The van der Waals surface area contributed by atoms with E-state index in [4.69, 9.17) is 21.1 Å². The van der Waals surface area contributed by atoms with Gasteiger partial charge in [0.25, 0.3) is 0 Å². The van der Waals surface area contributed by atoms with Crippen molar-refractivity contribution in [2.45, 2.75) is 38.4 Å². The summed E-state index contributed by atoms with van der Waals surface area (Å²) in [5.41, 5.74) is -0.202. The van der Waals surface area contributed by atoms with E-state index in [2.05, 4.69) is 29.5 Å². The van der Waals surface area contributed by atoms with Crippen LogP contribution in [0.3, 0.4) is 0 Å². The van der Waals surface area contributed by atoms with Crippen LogP contribution in [0.2, 0.25) is 0 Å². The van der Waals surface area contributed by atoms with Gasteiger partial charge in [-0.05, 0) is 32.6 Å². The third-order valence-electron chi connectivity index (χ3n) is 2.69. The molecule has 0 N–H and O–H groups in total. The molecular weight excluding hydrogens is 326 g/mol. The van der Waals surface area contributed by atoms with Crippen LogP contribution in [0.5, 0.6) is 0 Å². The van der Waals surface area contributed by atoms with Gasteiger partial charge in [-0.15, -0.1) is 11.6 Å². The molecule has 0 aromatic heterocycles. The van der Waals surface area contributed by atoms with Crippen LogP contribution in [-0.2, 0) is 9.47 Å². The fourth-order valence-electron chi connectivity index (χ4n) is 1.40. The van der Waals surface area contributed by atoms with Crippen LogP contribution in [0.1, 0.15) is 26.7 Å². The number of rotatable bonds is 8. The van der Waals surface area contributed by atoms with Crippen LogP contribution in [0, 0.1) is 5.92 Å². The van der Waals surface area contributed by atoms with Gasteiger partial charge in [0.05, 0.1) is 24.2 Å². The Labute approximate surface area is 111 Å². The number of alkyl halides is 2. The molecule has 1 rings (SSSR count). The molecule has 2 nitrogen and oxygen atoms in total. The Morgan fingerprint density at radius 1 is 1.53 bits per heavy atom. The van der Waals surface area contributed by atoms with E-state index in [1.165, 1.54) is 12.8 Å². The van der Waals surface area contributed by atoms with Crippen molar-refractivity contribution >= 4 is 34.2 Å². The van der Waals surface area contributed by atoms with Gasteiger partial charge in [-0.2, -0.15) is 0 Å². The first-order valence-corrected chi connectivity index (χ1v) is 7.58. The van der Waals surface area contributed by atoms with E-state index in [-0.39, 0.29) is 11.7 Å². The number of hydrogen-bond donors (Lipinski definition) is 0. The molecule has 0 bridgehead atoms. The smallest absolute Gasteiger partial charge is 0.0879 e. The first-order chi connectivity index (χ1) is 7.15. The number of ether oxygens (including phenoxy) is 2. The Hall–Kier alpha value is 0.940. The van der Waals surface area contributed by atoms with Crippen LogP contribution in [0.25, 0.3) is 0 Å². The molecule has 1 aliphatic carbocycles. The number of halogens is 2. The highest BCUT2D eigenvalue weighted by Gasteiger charge is 2.34. The summed E-state index contributed by atoms with van der Waals surface area (Å²) in [5.74, 6) is 1.26. The summed E-state index contributed by atoms with van der Waals surface area (Å²) >= 11 is 8.21. The zero-order valence-corrected chi connectivity index (χ0v) is 12.4. The Balaban J connectivity index is 2.31. The van der Waals surface area contributed by atoms with Crippen molar-refractivity contribution < 1.29 is 9.47 Å². The molecule has 15 heavy (non-hydrogen) atoms. The molecule has 2 unspecified atom stereocenters. The summed E-state index contributed by atoms with van der Waals surface area (Å²) in [5, 5.41) is 0. The van der Waals surface area contributed by atoms with E-state index in [1.54, 1.807) is 0 Å². The lowest BCUT2D eigenvalue weighted by Crippen LogP contribution is -2.37. The van der Waals surface area contributed by atoms with Crippen molar-refractivity contribution in [3.8, 4) is 0 Å². The second-order valence-electron chi connectivity index (χ2n) is 4.36. The highest BCUT2D eigenvalue weighted by Crippen LogP contribution is 2.35. The van der Waals surface area contributed by atoms with Gasteiger partial charge < -0.3 is 9.47 Å². The maximum absolute atomic E-state index is 5.89. The topological polar surface area (TPSA) is 18.5 Å². The maximum Gasteiger partial charge on any atom is 0.0879 e. The monoisotopic (exact) mass is 346 g/mol. The Bertz CT molecular complexity index is 181. The molecule has 0 aliphatic heterocycles. The van der Waals surface area contributed by atoms with Crippen molar-refractivity contribution in [1.82, 2.24) is 0 Å². The lowest BCUT2D eigenvalue weighted by atomic mass is 10.2. The van der Waals surface area contributed by atoms with Gasteiger partial charge >= 0.3 is 0 Å². The molecule has 1 saturated carbocycles. The van der Waals surface area contributed by atoms with E-state index in [9.17, 15) is 0 Å². The van der Waals surface area contributed by atoms with Gasteiger partial charge in [0, 0.05) is 11.0 Å². The van der Waals surface area contributed by atoms with Gasteiger partial charge in [0.1, 0.15) is 0 Å². The van der Waals surface area contributed by atoms with Crippen LogP contribution in [0.15, 0.2) is 0 Å². The van der Waals surface area contributed by atoms with E-state index >= 15 is 0 Å². The van der Waals surface area contributed by atoms with Crippen LogP contribution < -0.4 is 0 Å². The molecule has 0 heterocycles. The van der Waals surface area contributed by atoms with Gasteiger partial charge in [-0.25, -0.2) is 0 Å². The minimum atomic E-state index is -0.202. The third-order valence-corrected chi connectivity index (χ3v) is 4.87. The summed E-state index contributed by atoms with van der Waals surface area (Å²) in [6.45, 7) is 5.55. The highest BCUT2D eigenvalue weighted by molar-refractivity contribution is 14.1. The third kappa shape index (κ3) is 4.75. The fourth-order valence-corrected chi connectivity index (χ4v) is 2.38. The Kier molecular flexibility index (Phi) is 6.18. The molecule has 4 heteroatoms. The molecule has 0 aromatic carbocycles. The summed E-state index contributed by atoms with van der Waals surface area (Å²) in [7, 11) is 0. The average molecular weight is 347 g/mol. The molecule has 0 spiro atoms. The lowest BCUT2D eigenvalue weighted by Gasteiger charge is -2.28. The van der Waals surface area contributed by atoms with Crippen LogP contribution in [-0.4, -0.2) is 35.2 Å². The van der Waals surface area contributed by atoms with Crippen molar-refractivity contribution in [2.75, 3.05) is 23.5 Å². The Morgan fingerprint density at radius 3 is 2.60 bits per heavy atom. The minimum Gasteiger partial charge on any atom is -0.376 e. The molecule has 0 saturated heterocycles. The summed E-state index contributed by atoms with van der Waals surface area (Å²) in [6, 6.07) is 0. The lowest BCUT2D eigenvalue weighted by molar-refractivity contribution is -0.0725. The second kappa shape index (κ2) is 6.62. The normalized spacial score (nSPS) is 22.4. The minimum absolute atomic E-state index is 0.202. The standard InChI is InChI=1S/C11H20ClIO2/c1-3-14-10(9-4-5-9)6-15-11(2,7-12)8-13/h9-10H,3-8H2,1-2H3. The van der Waals surface area contributed by atoms with E-state index in [0.717, 1.165) is 17.0 Å². The van der Waals surface area contributed by atoms with Crippen molar-refractivity contribution in [2.24, 2.45) is 5.92 Å².